The number of aryl methyl sites for hydroxylation is 1. The zero-order valence-corrected chi connectivity index (χ0v) is 8.94. The molecule has 1 aromatic rings. The van der Waals surface area contributed by atoms with Crippen molar-refractivity contribution in [2.45, 2.75) is 26.2 Å². The van der Waals surface area contributed by atoms with Gasteiger partial charge in [-0.3, -0.25) is 9.78 Å². The van der Waals surface area contributed by atoms with Crippen LogP contribution in [0.3, 0.4) is 0 Å². The zero-order chi connectivity index (χ0) is 10.7. The smallest absolute Gasteiger partial charge is 0.181 e. The second-order valence-corrected chi connectivity index (χ2v) is 4.11. The summed E-state index contributed by atoms with van der Waals surface area (Å²) in [6.45, 7) is 1.94. The summed E-state index contributed by atoms with van der Waals surface area (Å²) < 4.78 is 0. The Balaban J connectivity index is 2.05. The van der Waals surface area contributed by atoms with Crippen molar-refractivity contribution < 1.29 is 4.79 Å². The SMILES string of the molecule is Cc1cccnc1C(=O)CC1CC=CC1. The minimum atomic E-state index is 0.182. The van der Waals surface area contributed by atoms with Crippen LogP contribution in [-0.4, -0.2) is 10.8 Å². The predicted octanol–water partition coefficient (Wildman–Crippen LogP) is 2.93. The Morgan fingerprint density at radius 1 is 1.47 bits per heavy atom. The maximum Gasteiger partial charge on any atom is 0.181 e. The third-order valence-electron chi connectivity index (χ3n) is 2.85. The molecule has 0 bridgehead atoms. The maximum atomic E-state index is 11.9. The number of hydrogen-bond acceptors (Lipinski definition) is 2. The maximum absolute atomic E-state index is 11.9. The molecule has 0 unspecified atom stereocenters. The topological polar surface area (TPSA) is 30.0 Å². The van der Waals surface area contributed by atoms with Crippen molar-refractivity contribution >= 4 is 5.78 Å². The van der Waals surface area contributed by atoms with Gasteiger partial charge in [-0.15, -0.1) is 0 Å². The van der Waals surface area contributed by atoms with E-state index in [2.05, 4.69) is 17.1 Å². The van der Waals surface area contributed by atoms with Gasteiger partial charge in [0.2, 0.25) is 0 Å². The Bertz CT molecular complexity index is 387. The van der Waals surface area contributed by atoms with Crippen LogP contribution in [0.1, 0.15) is 35.3 Å². The van der Waals surface area contributed by atoms with Gasteiger partial charge in [-0.1, -0.05) is 18.2 Å². The number of nitrogens with zero attached hydrogens (tertiary/aromatic N) is 1. The standard InChI is InChI=1S/C13H15NO/c1-10-5-4-8-14-13(10)12(15)9-11-6-2-3-7-11/h2-5,8,11H,6-7,9H2,1H3. The van der Waals surface area contributed by atoms with Crippen LogP contribution in [0.4, 0.5) is 0 Å². The van der Waals surface area contributed by atoms with Gasteiger partial charge in [0.15, 0.2) is 5.78 Å². The fraction of sp³-hybridized carbons (Fsp3) is 0.385. The molecule has 0 saturated heterocycles. The molecule has 0 aromatic carbocycles. The van der Waals surface area contributed by atoms with Crippen LogP contribution in [0.25, 0.3) is 0 Å². The highest BCUT2D eigenvalue weighted by atomic mass is 16.1. The van der Waals surface area contributed by atoms with E-state index in [1.165, 1.54) is 0 Å². The van der Waals surface area contributed by atoms with Crippen LogP contribution in [0.2, 0.25) is 0 Å². The number of rotatable bonds is 3. The molecule has 2 nitrogen and oxygen atoms in total. The molecule has 1 aliphatic rings. The first-order valence-electron chi connectivity index (χ1n) is 5.37. The Morgan fingerprint density at radius 3 is 2.87 bits per heavy atom. The molecule has 15 heavy (non-hydrogen) atoms. The summed E-state index contributed by atoms with van der Waals surface area (Å²) in [6, 6.07) is 3.80. The lowest BCUT2D eigenvalue weighted by atomic mass is 9.97. The molecule has 0 fully saturated rings. The van der Waals surface area contributed by atoms with Crippen LogP contribution in [0, 0.1) is 12.8 Å². The van der Waals surface area contributed by atoms with Gasteiger partial charge in [0, 0.05) is 12.6 Å². The van der Waals surface area contributed by atoms with E-state index in [1.807, 2.05) is 19.1 Å². The van der Waals surface area contributed by atoms with Crippen LogP contribution < -0.4 is 0 Å². The van der Waals surface area contributed by atoms with Crippen molar-refractivity contribution in [1.29, 1.82) is 0 Å². The Kier molecular flexibility index (Phi) is 2.95. The molecule has 1 aliphatic carbocycles. The number of carbonyl (C=O) groups excluding carboxylic acids is 1. The van der Waals surface area contributed by atoms with Gasteiger partial charge < -0.3 is 0 Å². The summed E-state index contributed by atoms with van der Waals surface area (Å²) in [4.78, 5) is 16.1. The highest BCUT2D eigenvalue weighted by Crippen LogP contribution is 2.23. The first kappa shape index (κ1) is 10.1. The van der Waals surface area contributed by atoms with E-state index in [0.29, 0.717) is 18.0 Å². The molecular formula is C13H15NO. The average Bonchev–Trinajstić information content (AvgIpc) is 2.71. The van der Waals surface area contributed by atoms with Crippen LogP contribution >= 0.6 is 0 Å². The van der Waals surface area contributed by atoms with Crippen molar-refractivity contribution in [2.24, 2.45) is 5.92 Å². The minimum absolute atomic E-state index is 0.182. The van der Waals surface area contributed by atoms with E-state index < -0.39 is 0 Å². The van der Waals surface area contributed by atoms with E-state index in [-0.39, 0.29) is 5.78 Å². The summed E-state index contributed by atoms with van der Waals surface area (Å²) in [7, 11) is 0. The summed E-state index contributed by atoms with van der Waals surface area (Å²) in [5.74, 6) is 0.681. The molecule has 78 valence electrons. The number of allylic oxidation sites excluding steroid dienone is 2. The summed E-state index contributed by atoms with van der Waals surface area (Å²) in [5, 5.41) is 0. The number of aromatic nitrogens is 1. The van der Waals surface area contributed by atoms with Gasteiger partial charge in [0.05, 0.1) is 0 Å². The minimum Gasteiger partial charge on any atom is -0.292 e. The molecule has 0 spiro atoms. The van der Waals surface area contributed by atoms with Gasteiger partial charge in [0.1, 0.15) is 5.69 Å². The summed E-state index contributed by atoms with van der Waals surface area (Å²) in [5.41, 5.74) is 1.62. The van der Waals surface area contributed by atoms with Gasteiger partial charge in [-0.25, -0.2) is 0 Å². The van der Waals surface area contributed by atoms with Crippen molar-refractivity contribution in [3.63, 3.8) is 0 Å². The summed E-state index contributed by atoms with van der Waals surface area (Å²) in [6.07, 6.45) is 8.71. The van der Waals surface area contributed by atoms with Gasteiger partial charge in [-0.2, -0.15) is 0 Å². The number of hydrogen-bond donors (Lipinski definition) is 0. The third-order valence-corrected chi connectivity index (χ3v) is 2.85. The van der Waals surface area contributed by atoms with E-state index in [4.69, 9.17) is 0 Å². The highest BCUT2D eigenvalue weighted by molar-refractivity contribution is 5.95. The largest absolute Gasteiger partial charge is 0.292 e. The molecule has 0 atom stereocenters. The lowest BCUT2D eigenvalue weighted by Crippen LogP contribution is -2.09. The second kappa shape index (κ2) is 4.39. The molecule has 0 aliphatic heterocycles. The quantitative estimate of drug-likeness (QED) is 0.556. The van der Waals surface area contributed by atoms with Crippen LogP contribution in [0.5, 0.6) is 0 Å². The second-order valence-electron chi connectivity index (χ2n) is 4.11. The van der Waals surface area contributed by atoms with Crippen molar-refractivity contribution in [1.82, 2.24) is 4.98 Å². The average molecular weight is 201 g/mol. The van der Waals surface area contributed by atoms with E-state index in [1.54, 1.807) is 6.20 Å². The molecule has 2 heteroatoms. The Labute approximate surface area is 90.0 Å². The fourth-order valence-corrected chi connectivity index (χ4v) is 1.98. The fourth-order valence-electron chi connectivity index (χ4n) is 1.98. The van der Waals surface area contributed by atoms with Gasteiger partial charge in [0.25, 0.3) is 0 Å². The van der Waals surface area contributed by atoms with E-state index >= 15 is 0 Å². The lowest BCUT2D eigenvalue weighted by molar-refractivity contribution is 0.0958. The van der Waals surface area contributed by atoms with Gasteiger partial charge in [-0.05, 0) is 37.3 Å². The number of ketones is 1. The molecular weight excluding hydrogens is 186 g/mol. The van der Waals surface area contributed by atoms with Crippen molar-refractivity contribution in [2.75, 3.05) is 0 Å². The van der Waals surface area contributed by atoms with Crippen LogP contribution in [-0.2, 0) is 0 Å². The monoisotopic (exact) mass is 201 g/mol. The molecule has 0 saturated carbocycles. The number of carbonyl (C=O) groups is 1. The predicted molar refractivity (Wildman–Crippen MR) is 59.8 cm³/mol. The molecule has 0 radical (unpaired) electrons. The molecule has 2 rings (SSSR count). The Hall–Kier alpha value is -1.44. The third kappa shape index (κ3) is 2.32. The molecule has 0 N–H and O–H groups in total. The molecule has 0 amide bonds. The highest BCUT2D eigenvalue weighted by Gasteiger charge is 2.17. The van der Waals surface area contributed by atoms with Crippen molar-refractivity contribution in [3.05, 3.63) is 41.7 Å². The lowest BCUT2D eigenvalue weighted by Gasteiger charge is -2.08. The van der Waals surface area contributed by atoms with Gasteiger partial charge >= 0.3 is 0 Å². The first-order valence-corrected chi connectivity index (χ1v) is 5.37. The molecule has 1 aromatic heterocycles. The normalized spacial score (nSPS) is 15.8. The first-order chi connectivity index (χ1) is 7.27. The van der Waals surface area contributed by atoms with E-state index in [9.17, 15) is 4.79 Å². The van der Waals surface area contributed by atoms with Crippen molar-refractivity contribution in [3.8, 4) is 0 Å². The number of pyridine rings is 1. The van der Waals surface area contributed by atoms with Crippen LogP contribution in [0.15, 0.2) is 30.5 Å². The van der Waals surface area contributed by atoms with E-state index in [0.717, 1.165) is 18.4 Å². The Morgan fingerprint density at radius 2 is 2.20 bits per heavy atom. The number of Topliss-reactive ketones (excluding diaryl/α,β-unsaturated/α-hetero) is 1. The molecule has 1 heterocycles. The zero-order valence-electron chi connectivity index (χ0n) is 8.94. The summed E-state index contributed by atoms with van der Waals surface area (Å²) >= 11 is 0.